The van der Waals surface area contributed by atoms with Gasteiger partial charge in [0.15, 0.2) is 0 Å². The topological polar surface area (TPSA) is 78.0 Å². The predicted octanol–water partition coefficient (Wildman–Crippen LogP) is 2.39. The van der Waals surface area contributed by atoms with Crippen molar-refractivity contribution in [2.24, 2.45) is 0 Å². The number of tetrazole rings is 1. The fourth-order valence-electron chi connectivity index (χ4n) is 2.47. The van der Waals surface area contributed by atoms with Crippen LogP contribution in [-0.2, 0) is 12.3 Å². The molecule has 4 aromatic rings. The van der Waals surface area contributed by atoms with E-state index in [0.29, 0.717) is 23.1 Å². The summed E-state index contributed by atoms with van der Waals surface area (Å²) in [4.78, 5) is 18.1. The number of fused-ring (bicyclic) bond motifs is 1. The minimum Gasteiger partial charge on any atom is -0.269 e. The van der Waals surface area contributed by atoms with Gasteiger partial charge >= 0.3 is 0 Å². The van der Waals surface area contributed by atoms with Crippen LogP contribution in [-0.4, -0.2) is 29.6 Å². The lowest BCUT2D eigenvalue weighted by Gasteiger charge is -2.06. The van der Waals surface area contributed by atoms with Gasteiger partial charge in [-0.15, -0.1) is 16.4 Å². The van der Waals surface area contributed by atoms with Crippen LogP contribution >= 0.6 is 23.1 Å². The Morgan fingerprint density at radius 3 is 3.04 bits per heavy atom. The second kappa shape index (κ2) is 6.77. The Labute approximate surface area is 151 Å². The normalized spacial score (nSPS) is 11.2. The van der Waals surface area contributed by atoms with E-state index in [1.54, 1.807) is 32.7 Å². The predicted molar refractivity (Wildman–Crippen MR) is 97.0 cm³/mol. The molecule has 25 heavy (non-hydrogen) atoms. The van der Waals surface area contributed by atoms with E-state index in [9.17, 15) is 4.79 Å². The summed E-state index contributed by atoms with van der Waals surface area (Å²) >= 11 is 3.14. The Morgan fingerprint density at radius 2 is 2.20 bits per heavy atom. The van der Waals surface area contributed by atoms with Crippen molar-refractivity contribution >= 4 is 28.7 Å². The molecule has 0 bridgehead atoms. The van der Waals surface area contributed by atoms with Crippen LogP contribution in [0.2, 0.25) is 0 Å². The van der Waals surface area contributed by atoms with Crippen LogP contribution < -0.4 is 5.56 Å². The number of hydrogen-bond donors (Lipinski definition) is 0. The molecule has 0 N–H and O–H groups in total. The van der Waals surface area contributed by atoms with Crippen molar-refractivity contribution in [2.45, 2.75) is 24.4 Å². The molecule has 4 heterocycles. The maximum absolute atomic E-state index is 12.3. The number of thioether (sulfide) groups is 1. The third-order valence-corrected chi connectivity index (χ3v) is 5.53. The minimum absolute atomic E-state index is 0.0810. The molecule has 0 aromatic carbocycles. The lowest BCUT2D eigenvalue weighted by atomic mass is 10.3. The Hall–Kier alpha value is -2.52. The fraction of sp³-hybridized carbons (Fsp3) is 0.188. The van der Waals surface area contributed by atoms with Gasteiger partial charge in [-0.3, -0.25) is 9.20 Å². The first-order chi connectivity index (χ1) is 12.2. The molecule has 9 heteroatoms. The Balaban J connectivity index is 1.56. The second-order valence-electron chi connectivity index (χ2n) is 5.46. The quantitative estimate of drug-likeness (QED) is 0.502. The molecule has 0 aliphatic carbocycles. The van der Waals surface area contributed by atoms with E-state index in [1.807, 2.05) is 30.5 Å². The Bertz CT molecular complexity index is 1070. The summed E-state index contributed by atoms with van der Waals surface area (Å²) in [6.45, 7) is 2.58. The van der Waals surface area contributed by atoms with Crippen LogP contribution in [0.3, 0.4) is 0 Å². The first-order valence-corrected chi connectivity index (χ1v) is 9.46. The number of aryl methyl sites for hydroxylation is 1. The molecule has 0 spiro atoms. The molecule has 0 atom stereocenters. The van der Waals surface area contributed by atoms with Crippen LogP contribution in [0.15, 0.2) is 51.9 Å². The van der Waals surface area contributed by atoms with Crippen LogP contribution in [0.5, 0.6) is 0 Å². The van der Waals surface area contributed by atoms with Crippen molar-refractivity contribution in [1.29, 1.82) is 0 Å². The molecular weight excluding hydrogens is 356 g/mol. The zero-order chi connectivity index (χ0) is 17.2. The van der Waals surface area contributed by atoms with Gasteiger partial charge < -0.3 is 0 Å². The first-order valence-electron chi connectivity index (χ1n) is 7.60. The Kier molecular flexibility index (Phi) is 4.33. The van der Waals surface area contributed by atoms with Gasteiger partial charge in [-0.1, -0.05) is 23.9 Å². The van der Waals surface area contributed by atoms with E-state index in [1.165, 1.54) is 16.6 Å². The van der Waals surface area contributed by atoms with E-state index < -0.39 is 0 Å². The molecule has 0 aliphatic heterocycles. The molecule has 0 saturated heterocycles. The molecule has 0 unspecified atom stereocenters. The molecule has 0 amide bonds. The largest absolute Gasteiger partial charge is 0.269 e. The van der Waals surface area contributed by atoms with E-state index in [-0.39, 0.29) is 5.56 Å². The van der Waals surface area contributed by atoms with Crippen molar-refractivity contribution in [3.05, 3.63) is 68.4 Å². The van der Waals surface area contributed by atoms with Crippen LogP contribution in [0.4, 0.5) is 0 Å². The maximum Gasteiger partial charge on any atom is 0.258 e. The molecule has 4 aromatic heterocycles. The van der Waals surface area contributed by atoms with Crippen LogP contribution in [0, 0.1) is 6.92 Å². The van der Waals surface area contributed by atoms with Gasteiger partial charge in [-0.2, -0.15) is 0 Å². The number of thiophene rings is 1. The summed E-state index contributed by atoms with van der Waals surface area (Å²) in [6, 6.07) is 9.41. The zero-order valence-corrected chi connectivity index (χ0v) is 15.0. The molecule has 0 aliphatic rings. The number of aromatic nitrogens is 6. The summed E-state index contributed by atoms with van der Waals surface area (Å²) in [5.74, 6) is 0.533. The maximum atomic E-state index is 12.3. The average molecular weight is 370 g/mol. The monoisotopic (exact) mass is 370 g/mol. The smallest absolute Gasteiger partial charge is 0.258 e. The molecule has 0 radical (unpaired) electrons. The number of pyridine rings is 1. The highest BCUT2D eigenvalue weighted by molar-refractivity contribution is 7.98. The molecular formula is C16H14N6OS2. The van der Waals surface area contributed by atoms with Gasteiger partial charge in [-0.25, -0.2) is 9.67 Å². The highest BCUT2D eigenvalue weighted by atomic mass is 32.2. The van der Waals surface area contributed by atoms with E-state index in [0.717, 1.165) is 11.3 Å². The van der Waals surface area contributed by atoms with Gasteiger partial charge in [0.1, 0.15) is 5.65 Å². The minimum atomic E-state index is -0.0810. The lowest BCUT2D eigenvalue weighted by molar-refractivity contribution is 0.608. The van der Waals surface area contributed by atoms with E-state index >= 15 is 0 Å². The van der Waals surface area contributed by atoms with Gasteiger partial charge in [0.2, 0.25) is 5.16 Å². The van der Waals surface area contributed by atoms with Gasteiger partial charge in [0, 0.05) is 22.9 Å². The standard InChI is InChI=1S/C16H14N6OS2/c1-11-4-2-6-21-14(23)8-12(17-15(11)21)10-25-16-18-19-20-22(16)9-13-5-3-7-24-13/h2-8H,9-10H2,1H3. The van der Waals surface area contributed by atoms with Crippen LogP contribution in [0.25, 0.3) is 5.65 Å². The SMILES string of the molecule is Cc1cccn2c(=O)cc(CSc3nnnn3Cc3cccs3)nc12. The van der Waals surface area contributed by atoms with Crippen molar-refractivity contribution in [2.75, 3.05) is 0 Å². The van der Waals surface area contributed by atoms with Crippen molar-refractivity contribution in [1.82, 2.24) is 29.6 Å². The Morgan fingerprint density at radius 1 is 1.28 bits per heavy atom. The summed E-state index contributed by atoms with van der Waals surface area (Å²) in [5.41, 5.74) is 2.29. The summed E-state index contributed by atoms with van der Waals surface area (Å²) < 4.78 is 3.32. The van der Waals surface area contributed by atoms with Gasteiger partial charge in [0.25, 0.3) is 5.56 Å². The molecule has 0 fully saturated rings. The second-order valence-corrected chi connectivity index (χ2v) is 7.43. The number of hydrogen-bond acceptors (Lipinski definition) is 7. The third-order valence-electron chi connectivity index (χ3n) is 3.67. The molecule has 126 valence electrons. The molecule has 4 rings (SSSR count). The summed E-state index contributed by atoms with van der Waals surface area (Å²) in [6.07, 6.45) is 1.73. The lowest BCUT2D eigenvalue weighted by Crippen LogP contribution is -2.15. The van der Waals surface area contributed by atoms with E-state index in [2.05, 4.69) is 26.6 Å². The summed E-state index contributed by atoms with van der Waals surface area (Å²) in [5, 5.41) is 14.6. The van der Waals surface area contributed by atoms with Crippen molar-refractivity contribution in [3.63, 3.8) is 0 Å². The first kappa shape index (κ1) is 16.0. The highest BCUT2D eigenvalue weighted by Crippen LogP contribution is 2.20. The van der Waals surface area contributed by atoms with Gasteiger partial charge in [0.05, 0.1) is 12.2 Å². The number of rotatable bonds is 5. The van der Waals surface area contributed by atoms with E-state index in [4.69, 9.17) is 0 Å². The third kappa shape index (κ3) is 3.33. The highest BCUT2D eigenvalue weighted by Gasteiger charge is 2.10. The van der Waals surface area contributed by atoms with Crippen molar-refractivity contribution in [3.8, 4) is 0 Å². The zero-order valence-electron chi connectivity index (χ0n) is 13.4. The number of nitrogens with zero attached hydrogens (tertiary/aromatic N) is 6. The molecule has 7 nitrogen and oxygen atoms in total. The molecule has 0 saturated carbocycles. The average Bonchev–Trinajstić information content (AvgIpc) is 3.26. The summed E-state index contributed by atoms with van der Waals surface area (Å²) in [7, 11) is 0. The van der Waals surface area contributed by atoms with Gasteiger partial charge in [-0.05, 0) is 40.4 Å². The fourth-order valence-corrected chi connectivity index (χ4v) is 3.93. The van der Waals surface area contributed by atoms with Crippen molar-refractivity contribution < 1.29 is 0 Å². The van der Waals surface area contributed by atoms with Crippen LogP contribution in [0.1, 0.15) is 16.1 Å².